The molecule has 0 radical (unpaired) electrons. The van der Waals surface area contributed by atoms with Crippen molar-refractivity contribution in [3.63, 3.8) is 0 Å². The lowest BCUT2D eigenvalue weighted by molar-refractivity contribution is -0.165. The molecule has 1 aromatic heterocycles. The molecule has 4 rings (SSSR count). The van der Waals surface area contributed by atoms with E-state index in [1.54, 1.807) is 4.57 Å². The second kappa shape index (κ2) is 12.8. The quantitative estimate of drug-likeness (QED) is 0.151. The molecule has 0 bridgehead atoms. The Morgan fingerprint density at radius 3 is 2.34 bits per heavy atom. The van der Waals surface area contributed by atoms with E-state index in [2.05, 4.69) is 15.6 Å². The Hall–Kier alpha value is -4.44. The maximum absolute atomic E-state index is 12.3. The summed E-state index contributed by atoms with van der Waals surface area (Å²) in [6.07, 6.45) is -4.85. The number of H-pyrrole nitrogens is 1. The number of aromatic amines is 1. The number of hydrogen-bond donors (Lipinski definition) is 9. The van der Waals surface area contributed by atoms with Gasteiger partial charge in [-0.25, -0.2) is 14.4 Å². The third kappa shape index (κ3) is 7.82. The molecule has 1 amide bonds. The minimum atomic E-state index is -2.27. The number of para-hydroxylation sites is 2. The lowest BCUT2D eigenvalue weighted by Gasteiger charge is -2.29. The molecular formula is C26H32N4O11. The Morgan fingerprint density at radius 2 is 1.71 bits per heavy atom. The van der Waals surface area contributed by atoms with E-state index >= 15 is 0 Å². The minimum Gasteiger partial charge on any atom is -0.508 e. The Labute approximate surface area is 232 Å². The van der Waals surface area contributed by atoms with Crippen LogP contribution < -0.4 is 21.1 Å². The number of carboxylic acid groups (broad SMARTS) is 2. The number of aliphatic hydroxyl groups is 3. The topological polar surface area (TPSA) is 244 Å². The zero-order chi connectivity index (χ0) is 30.5. The van der Waals surface area contributed by atoms with E-state index in [4.69, 9.17) is 25.2 Å². The van der Waals surface area contributed by atoms with Gasteiger partial charge in [0.15, 0.2) is 18.8 Å². The average Bonchev–Trinajstić information content (AvgIpc) is 3.24. The van der Waals surface area contributed by atoms with Crippen molar-refractivity contribution >= 4 is 34.6 Å². The fourth-order valence-electron chi connectivity index (χ4n) is 4.02. The number of nitrogens with zero attached hydrogens (tertiary/aromatic N) is 1. The Kier molecular flexibility index (Phi) is 9.72. The predicted molar refractivity (Wildman–Crippen MR) is 144 cm³/mol. The first-order valence-corrected chi connectivity index (χ1v) is 12.4. The number of amides is 1. The van der Waals surface area contributed by atoms with Crippen LogP contribution in [0.2, 0.25) is 0 Å². The molecule has 41 heavy (non-hydrogen) atoms. The fraction of sp³-hybridized carbons (Fsp3) is 0.385. The number of carboxylic acids is 2. The van der Waals surface area contributed by atoms with Gasteiger partial charge in [0.2, 0.25) is 0 Å². The molecule has 0 spiro atoms. The number of imidazole rings is 1. The third-order valence-corrected chi connectivity index (χ3v) is 6.30. The summed E-state index contributed by atoms with van der Waals surface area (Å²) in [6.45, 7) is 4.55. The highest BCUT2D eigenvalue weighted by atomic mass is 16.5. The molecule has 0 fully saturated rings. The summed E-state index contributed by atoms with van der Waals surface area (Å²) in [5.74, 6) is -3.57. The maximum Gasteiger partial charge on any atom is 0.335 e. The fourth-order valence-corrected chi connectivity index (χ4v) is 4.02. The molecule has 15 heteroatoms. The standard InChI is InChI=1S/C22H26N4O5.C4H6O6/c1-22(2,7-8-26-17-6-4-3-5-15(17)25-21(26)30)23-11-18(28)14-9-13(27)10-16-20(14)31-12-19(29)24-16;5-1(3(7)8)2(6)4(9)10/h3-6,9-10,18,23,27-28H,7-8,11-12H2,1-2H3,(H,24,29)(H,25,30);1-2,5-6H,(H,7,8)(H,9,10)/t18-;/m0./s1. The van der Waals surface area contributed by atoms with Crippen molar-refractivity contribution in [3.05, 3.63) is 52.4 Å². The number of phenols is 1. The van der Waals surface area contributed by atoms with E-state index in [1.807, 2.05) is 38.1 Å². The molecule has 9 N–H and O–H groups in total. The highest BCUT2D eigenvalue weighted by Crippen LogP contribution is 2.38. The molecule has 3 atom stereocenters. The van der Waals surface area contributed by atoms with Gasteiger partial charge >= 0.3 is 17.6 Å². The van der Waals surface area contributed by atoms with Gasteiger partial charge in [-0.15, -0.1) is 0 Å². The minimum absolute atomic E-state index is 0.0726. The van der Waals surface area contributed by atoms with Crippen molar-refractivity contribution in [2.24, 2.45) is 0 Å². The van der Waals surface area contributed by atoms with E-state index in [0.29, 0.717) is 30.0 Å². The van der Waals surface area contributed by atoms with Gasteiger partial charge < -0.3 is 51.0 Å². The van der Waals surface area contributed by atoms with E-state index in [1.165, 1.54) is 12.1 Å². The first-order chi connectivity index (χ1) is 19.2. The van der Waals surface area contributed by atoms with Crippen LogP contribution in [0.1, 0.15) is 31.9 Å². The van der Waals surface area contributed by atoms with Crippen LogP contribution in [0.4, 0.5) is 5.69 Å². The molecule has 15 nitrogen and oxygen atoms in total. The number of aliphatic carboxylic acids is 2. The molecule has 1 aliphatic rings. The van der Waals surface area contributed by atoms with Gasteiger partial charge in [0.1, 0.15) is 11.5 Å². The highest BCUT2D eigenvalue weighted by Gasteiger charge is 2.29. The number of nitrogens with one attached hydrogen (secondary N) is 3. The van der Waals surface area contributed by atoms with Gasteiger partial charge in [-0.2, -0.15) is 0 Å². The van der Waals surface area contributed by atoms with Crippen molar-refractivity contribution in [2.45, 2.75) is 50.7 Å². The average molecular weight is 577 g/mol. The second-order valence-electron chi connectivity index (χ2n) is 9.94. The molecule has 0 saturated carbocycles. The monoisotopic (exact) mass is 576 g/mol. The number of hydrogen-bond acceptors (Lipinski definition) is 10. The molecule has 0 saturated heterocycles. The van der Waals surface area contributed by atoms with Crippen LogP contribution in [0.3, 0.4) is 0 Å². The highest BCUT2D eigenvalue weighted by molar-refractivity contribution is 5.96. The zero-order valence-electron chi connectivity index (χ0n) is 22.2. The Bertz CT molecular complexity index is 1460. The molecule has 1 aliphatic heterocycles. The number of ether oxygens (including phenoxy) is 1. The number of benzene rings is 2. The number of rotatable bonds is 10. The van der Waals surface area contributed by atoms with E-state index in [0.717, 1.165) is 11.0 Å². The predicted octanol–water partition coefficient (Wildman–Crippen LogP) is -0.265. The number of carbonyl (C=O) groups excluding carboxylic acids is 1. The number of aliphatic hydroxyl groups excluding tert-OH is 3. The lowest BCUT2D eigenvalue weighted by atomic mass is 9.99. The van der Waals surface area contributed by atoms with Gasteiger partial charge in [-0.1, -0.05) is 12.1 Å². The number of β-amino-alcohol motifs (C(OH)–C–C–N with tert-alkyl or cyclic N) is 1. The van der Waals surface area contributed by atoms with Gasteiger partial charge in [0, 0.05) is 30.3 Å². The third-order valence-electron chi connectivity index (χ3n) is 6.30. The number of anilines is 1. The maximum atomic E-state index is 12.3. The van der Waals surface area contributed by atoms with Crippen LogP contribution >= 0.6 is 0 Å². The van der Waals surface area contributed by atoms with Crippen LogP contribution in [0.25, 0.3) is 11.0 Å². The van der Waals surface area contributed by atoms with Crippen molar-refractivity contribution in [1.82, 2.24) is 14.9 Å². The molecule has 2 unspecified atom stereocenters. The van der Waals surface area contributed by atoms with Crippen LogP contribution in [-0.2, 0) is 20.9 Å². The lowest BCUT2D eigenvalue weighted by Crippen LogP contribution is -2.43. The summed E-state index contributed by atoms with van der Waals surface area (Å²) in [7, 11) is 0. The van der Waals surface area contributed by atoms with Gasteiger partial charge in [0.25, 0.3) is 5.91 Å². The molecule has 2 heterocycles. The van der Waals surface area contributed by atoms with Crippen molar-refractivity contribution in [2.75, 3.05) is 18.5 Å². The van der Waals surface area contributed by atoms with Crippen molar-refractivity contribution in [1.29, 1.82) is 0 Å². The van der Waals surface area contributed by atoms with Crippen LogP contribution in [-0.4, -0.2) is 88.9 Å². The smallest absolute Gasteiger partial charge is 0.335 e. The van der Waals surface area contributed by atoms with Crippen molar-refractivity contribution < 1.29 is 49.8 Å². The number of aromatic hydroxyl groups is 1. The first-order valence-electron chi connectivity index (χ1n) is 12.4. The summed E-state index contributed by atoms with van der Waals surface area (Å²) in [5.41, 5.74) is 1.85. The van der Waals surface area contributed by atoms with E-state index < -0.39 is 30.3 Å². The van der Waals surface area contributed by atoms with Crippen LogP contribution in [0.5, 0.6) is 11.5 Å². The second-order valence-corrected chi connectivity index (χ2v) is 9.94. The number of aromatic nitrogens is 2. The Balaban J connectivity index is 0.000000397. The number of aryl methyl sites for hydroxylation is 1. The van der Waals surface area contributed by atoms with Gasteiger partial charge in [0.05, 0.1) is 22.8 Å². The van der Waals surface area contributed by atoms with Crippen LogP contribution in [0, 0.1) is 0 Å². The summed E-state index contributed by atoms with van der Waals surface area (Å²) in [4.78, 5) is 46.2. The summed E-state index contributed by atoms with van der Waals surface area (Å²) >= 11 is 0. The SMILES string of the molecule is CC(C)(CCn1c(=O)[nH]c2ccccc21)NC[C@H](O)c1cc(O)cc2c1OCC(=O)N2.O=C(O)C(O)C(O)C(=O)O. The molecule has 222 valence electrons. The summed E-state index contributed by atoms with van der Waals surface area (Å²) in [5, 5.41) is 59.2. The van der Waals surface area contributed by atoms with E-state index in [-0.39, 0.29) is 36.0 Å². The number of fused-ring (bicyclic) bond motifs is 2. The molecule has 0 aliphatic carbocycles. The first kappa shape index (κ1) is 31.1. The van der Waals surface area contributed by atoms with Crippen LogP contribution in [0.15, 0.2) is 41.2 Å². The van der Waals surface area contributed by atoms with Gasteiger partial charge in [-0.3, -0.25) is 9.36 Å². The normalized spacial score (nSPS) is 15.0. The van der Waals surface area contributed by atoms with Crippen molar-refractivity contribution in [3.8, 4) is 11.5 Å². The number of carbonyl (C=O) groups is 3. The number of phenolic OH excluding ortho intramolecular Hbond substituents is 1. The molecular weight excluding hydrogens is 544 g/mol. The summed E-state index contributed by atoms with van der Waals surface area (Å²) in [6, 6.07) is 10.4. The summed E-state index contributed by atoms with van der Waals surface area (Å²) < 4.78 is 7.18. The zero-order valence-corrected chi connectivity index (χ0v) is 22.2. The largest absolute Gasteiger partial charge is 0.508 e. The Morgan fingerprint density at radius 1 is 1.07 bits per heavy atom. The molecule has 3 aromatic rings. The van der Waals surface area contributed by atoms with E-state index in [9.17, 15) is 29.4 Å². The molecule has 2 aromatic carbocycles. The van der Waals surface area contributed by atoms with Gasteiger partial charge in [-0.05, 0) is 38.5 Å².